The highest BCUT2D eigenvalue weighted by Crippen LogP contribution is 2.28. The zero-order valence-electron chi connectivity index (χ0n) is 17.1. The van der Waals surface area contributed by atoms with Crippen LogP contribution in [0.15, 0.2) is 52.9 Å². The second-order valence-corrected chi connectivity index (χ2v) is 7.28. The molecule has 8 heteroatoms. The van der Waals surface area contributed by atoms with E-state index in [4.69, 9.17) is 9.47 Å². The van der Waals surface area contributed by atoms with E-state index in [2.05, 4.69) is 27.8 Å². The van der Waals surface area contributed by atoms with E-state index in [1.807, 2.05) is 47.8 Å². The first-order valence-corrected chi connectivity index (χ1v) is 10.4. The predicted molar refractivity (Wildman–Crippen MR) is 122 cm³/mol. The van der Waals surface area contributed by atoms with Crippen molar-refractivity contribution in [1.29, 1.82) is 0 Å². The summed E-state index contributed by atoms with van der Waals surface area (Å²) in [6.07, 6.45) is 2.64. The molecule has 3 aromatic rings. The van der Waals surface area contributed by atoms with E-state index in [1.54, 1.807) is 13.3 Å². The van der Waals surface area contributed by atoms with Gasteiger partial charge in [-0.25, -0.2) is 4.98 Å². The number of nitrogens with zero attached hydrogens (tertiary/aromatic N) is 2. The third kappa shape index (κ3) is 5.81. The lowest BCUT2D eigenvalue weighted by atomic mass is 10.1. The number of methoxy groups -OCH3 is 1. The Balaban J connectivity index is 1.62. The summed E-state index contributed by atoms with van der Waals surface area (Å²) >= 11 is 1.46. The van der Waals surface area contributed by atoms with Crippen LogP contribution in [0, 0.1) is 0 Å². The zero-order valence-corrected chi connectivity index (χ0v) is 18.0. The van der Waals surface area contributed by atoms with Gasteiger partial charge in [0.2, 0.25) is 11.0 Å². The Morgan fingerprint density at radius 1 is 1.20 bits per heavy atom. The molecule has 156 valence electrons. The number of benzene rings is 2. The fraction of sp³-hybridized carbons (Fsp3) is 0.227. The molecule has 30 heavy (non-hydrogen) atoms. The number of ether oxygens (including phenoxy) is 2. The van der Waals surface area contributed by atoms with Gasteiger partial charge in [-0.15, -0.1) is 11.3 Å². The topological polar surface area (TPSA) is 84.8 Å². The maximum atomic E-state index is 11.1. The molecule has 2 N–H and O–H groups in total. The van der Waals surface area contributed by atoms with Gasteiger partial charge in [-0.3, -0.25) is 10.2 Å². The van der Waals surface area contributed by atoms with Gasteiger partial charge in [0.1, 0.15) is 0 Å². The molecule has 0 saturated carbocycles. The van der Waals surface area contributed by atoms with Crippen LogP contribution in [-0.4, -0.2) is 30.8 Å². The minimum absolute atomic E-state index is 0.0958. The first kappa shape index (κ1) is 21.3. The highest BCUT2D eigenvalue weighted by Gasteiger charge is 2.06. The van der Waals surface area contributed by atoms with Crippen LogP contribution in [-0.2, 0) is 4.79 Å². The molecule has 0 atom stereocenters. The lowest BCUT2D eigenvalue weighted by Crippen LogP contribution is -2.05. The Morgan fingerprint density at radius 3 is 2.70 bits per heavy atom. The van der Waals surface area contributed by atoms with Gasteiger partial charge in [-0.2, -0.15) is 5.10 Å². The number of nitrogens with one attached hydrogen (secondary N) is 2. The molecule has 0 fully saturated rings. The zero-order chi connectivity index (χ0) is 21.3. The Hall–Kier alpha value is -3.39. The molecule has 0 saturated heterocycles. The van der Waals surface area contributed by atoms with E-state index in [0.29, 0.717) is 17.5 Å². The van der Waals surface area contributed by atoms with E-state index in [0.717, 1.165) is 34.7 Å². The number of hydrogen-bond donors (Lipinski definition) is 2. The Bertz CT molecular complexity index is 1020. The molecule has 0 spiro atoms. The van der Waals surface area contributed by atoms with Crippen molar-refractivity contribution < 1.29 is 14.3 Å². The van der Waals surface area contributed by atoms with Crippen LogP contribution in [0.3, 0.4) is 0 Å². The van der Waals surface area contributed by atoms with Crippen molar-refractivity contribution in [3.63, 3.8) is 0 Å². The van der Waals surface area contributed by atoms with Crippen LogP contribution in [0.1, 0.15) is 25.8 Å². The summed E-state index contributed by atoms with van der Waals surface area (Å²) in [7, 11) is 1.62. The van der Waals surface area contributed by atoms with Crippen molar-refractivity contribution in [2.24, 2.45) is 5.10 Å². The second-order valence-electron chi connectivity index (χ2n) is 6.43. The number of hydrazone groups is 1. The molecule has 0 aliphatic rings. The van der Waals surface area contributed by atoms with E-state index in [9.17, 15) is 4.79 Å². The van der Waals surface area contributed by atoms with Crippen molar-refractivity contribution in [1.82, 2.24) is 4.98 Å². The Morgan fingerprint density at radius 2 is 2.00 bits per heavy atom. The number of carbonyl (C=O) groups is 1. The van der Waals surface area contributed by atoms with Crippen LogP contribution in [0.4, 0.5) is 10.8 Å². The Labute approximate surface area is 179 Å². The molecule has 0 bridgehead atoms. The van der Waals surface area contributed by atoms with Crippen molar-refractivity contribution in [3.05, 3.63) is 53.4 Å². The first-order valence-electron chi connectivity index (χ1n) is 9.52. The Kier molecular flexibility index (Phi) is 7.40. The lowest BCUT2D eigenvalue weighted by molar-refractivity contribution is -0.114. The van der Waals surface area contributed by atoms with E-state index in [-0.39, 0.29) is 5.91 Å². The van der Waals surface area contributed by atoms with Crippen LogP contribution >= 0.6 is 11.3 Å². The van der Waals surface area contributed by atoms with Crippen LogP contribution in [0.2, 0.25) is 0 Å². The van der Waals surface area contributed by atoms with Crippen molar-refractivity contribution in [2.75, 3.05) is 24.5 Å². The third-order valence-corrected chi connectivity index (χ3v) is 4.78. The molecule has 3 rings (SSSR count). The normalized spacial score (nSPS) is 10.8. The molecule has 1 aromatic heterocycles. The molecule has 0 aliphatic carbocycles. The van der Waals surface area contributed by atoms with Gasteiger partial charge in [0, 0.05) is 23.6 Å². The highest BCUT2D eigenvalue weighted by atomic mass is 32.1. The lowest BCUT2D eigenvalue weighted by Gasteiger charge is -2.10. The number of rotatable bonds is 9. The largest absolute Gasteiger partial charge is 0.493 e. The summed E-state index contributed by atoms with van der Waals surface area (Å²) in [5.41, 5.74) is 6.40. The summed E-state index contributed by atoms with van der Waals surface area (Å²) in [6.45, 7) is 4.19. The number of hydrogen-bond acceptors (Lipinski definition) is 7. The van der Waals surface area contributed by atoms with Gasteiger partial charge in [0.05, 0.1) is 25.6 Å². The monoisotopic (exact) mass is 424 g/mol. The maximum Gasteiger partial charge on any atom is 0.221 e. The van der Waals surface area contributed by atoms with Crippen LogP contribution in [0.5, 0.6) is 11.5 Å². The van der Waals surface area contributed by atoms with Gasteiger partial charge in [0.15, 0.2) is 11.5 Å². The van der Waals surface area contributed by atoms with Gasteiger partial charge in [-0.05, 0) is 42.3 Å². The van der Waals surface area contributed by atoms with Gasteiger partial charge >= 0.3 is 0 Å². The summed E-state index contributed by atoms with van der Waals surface area (Å²) in [6, 6.07) is 13.2. The van der Waals surface area contributed by atoms with Gasteiger partial charge in [0.25, 0.3) is 0 Å². The third-order valence-electron chi connectivity index (χ3n) is 4.03. The number of aromatic nitrogens is 1. The number of carbonyl (C=O) groups excluding carboxylic acids is 1. The highest BCUT2D eigenvalue weighted by molar-refractivity contribution is 7.14. The van der Waals surface area contributed by atoms with Crippen molar-refractivity contribution in [2.45, 2.75) is 20.3 Å². The van der Waals surface area contributed by atoms with Gasteiger partial charge in [-0.1, -0.05) is 19.1 Å². The number of anilines is 2. The molecule has 1 amide bonds. The van der Waals surface area contributed by atoms with E-state index in [1.165, 1.54) is 18.3 Å². The molecular formula is C22H24N4O3S. The summed E-state index contributed by atoms with van der Waals surface area (Å²) in [4.78, 5) is 15.7. The maximum absolute atomic E-state index is 11.1. The van der Waals surface area contributed by atoms with Crippen LogP contribution < -0.4 is 20.2 Å². The molecule has 0 radical (unpaired) electrons. The fourth-order valence-corrected chi connectivity index (χ4v) is 3.31. The molecule has 0 aliphatic heterocycles. The number of amides is 1. The minimum Gasteiger partial charge on any atom is -0.493 e. The molecule has 1 heterocycles. The summed E-state index contributed by atoms with van der Waals surface area (Å²) < 4.78 is 11.1. The van der Waals surface area contributed by atoms with Crippen molar-refractivity contribution in [3.8, 4) is 22.8 Å². The fourth-order valence-electron chi connectivity index (χ4n) is 2.64. The second kappa shape index (κ2) is 10.4. The first-order chi connectivity index (χ1) is 14.6. The minimum atomic E-state index is -0.0958. The quantitative estimate of drug-likeness (QED) is 0.372. The van der Waals surface area contributed by atoms with Gasteiger partial charge < -0.3 is 14.8 Å². The molecule has 0 unspecified atom stereocenters. The SMILES string of the molecule is CCCOc1ccc(/C=N\Nc2nc(-c3ccc(NC(C)=O)cc3)cs2)cc1OC. The summed E-state index contributed by atoms with van der Waals surface area (Å²) in [5, 5.41) is 9.65. The summed E-state index contributed by atoms with van der Waals surface area (Å²) in [5.74, 6) is 1.30. The molecule has 7 nitrogen and oxygen atoms in total. The number of thiazole rings is 1. The molecular weight excluding hydrogens is 400 g/mol. The average molecular weight is 425 g/mol. The standard InChI is InChI=1S/C22H24N4O3S/c1-4-11-29-20-10-5-16(12-21(20)28-3)13-23-26-22-25-19(14-30-22)17-6-8-18(9-7-17)24-15(2)27/h5-10,12-14H,4,11H2,1-3H3,(H,24,27)(H,25,26)/b23-13-. The average Bonchev–Trinajstić information content (AvgIpc) is 3.21. The smallest absolute Gasteiger partial charge is 0.221 e. The van der Waals surface area contributed by atoms with E-state index < -0.39 is 0 Å². The molecule has 2 aromatic carbocycles. The predicted octanol–water partition coefficient (Wildman–Crippen LogP) is 5.01. The van der Waals surface area contributed by atoms with Crippen LogP contribution in [0.25, 0.3) is 11.3 Å². The van der Waals surface area contributed by atoms with E-state index >= 15 is 0 Å². The van der Waals surface area contributed by atoms with Crippen molar-refractivity contribution >= 4 is 34.3 Å².